The van der Waals surface area contributed by atoms with Gasteiger partial charge in [0, 0.05) is 34.2 Å². The van der Waals surface area contributed by atoms with Crippen LogP contribution in [-0.4, -0.2) is 24.2 Å². The summed E-state index contributed by atoms with van der Waals surface area (Å²) in [5, 5.41) is 3.76. The summed E-state index contributed by atoms with van der Waals surface area (Å²) in [6.45, 7) is 0.692. The fraction of sp³-hybridized carbons (Fsp3) is 0.533. The highest BCUT2D eigenvalue weighted by Gasteiger charge is 2.24. The second kappa shape index (κ2) is 7.91. The largest absolute Gasteiger partial charge is 0.355 e. The number of benzene rings is 1. The summed E-state index contributed by atoms with van der Waals surface area (Å²) in [6, 6.07) is 7.95. The molecule has 0 aliphatic heterocycles. The fourth-order valence-corrected chi connectivity index (χ4v) is 3.38. The van der Waals surface area contributed by atoms with Gasteiger partial charge in [0.05, 0.1) is 0 Å². The zero-order chi connectivity index (χ0) is 14.4. The van der Waals surface area contributed by atoms with Crippen LogP contribution < -0.4 is 11.1 Å². The molecule has 110 valence electrons. The average molecular weight is 313 g/mol. The molecule has 0 spiro atoms. The van der Waals surface area contributed by atoms with E-state index in [1.54, 1.807) is 11.8 Å². The van der Waals surface area contributed by atoms with Crippen molar-refractivity contribution in [2.75, 3.05) is 12.3 Å². The molecule has 1 amide bonds. The van der Waals surface area contributed by atoms with Crippen molar-refractivity contribution in [3.05, 3.63) is 29.3 Å². The van der Waals surface area contributed by atoms with Crippen LogP contribution in [0.3, 0.4) is 0 Å². The molecular weight excluding hydrogens is 292 g/mol. The maximum absolute atomic E-state index is 12.0. The van der Waals surface area contributed by atoms with Crippen molar-refractivity contribution < 1.29 is 4.79 Å². The molecule has 2 unspecified atom stereocenters. The number of carbonyl (C=O) groups excluding carboxylic acids is 1. The van der Waals surface area contributed by atoms with Crippen molar-refractivity contribution in [1.29, 1.82) is 0 Å². The van der Waals surface area contributed by atoms with E-state index in [-0.39, 0.29) is 17.9 Å². The molecule has 0 heterocycles. The van der Waals surface area contributed by atoms with E-state index in [4.69, 9.17) is 17.3 Å². The SMILES string of the molecule is NC1CCCC(C(=O)NCCSc2ccc(Cl)cc2)C1. The molecule has 20 heavy (non-hydrogen) atoms. The summed E-state index contributed by atoms with van der Waals surface area (Å²) in [7, 11) is 0. The molecule has 2 atom stereocenters. The number of thioether (sulfide) groups is 1. The molecule has 0 aromatic heterocycles. The minimum Gasteiger partial charge on any atom is -0.355 e. The number of hydrogen-bond acceptors (Lipinski definition) is 3. The second-order valence-corrected chi connectivity index (χ2v) is 6.82. The molecule has 0 saturated heterocycles. The fourth-order valence-electron chi connectivity index (χ4n) is 2.48. The van der Waals surface area contributed by atoms with E-state index < -0.39 is 0 Å². The van der Waals surface area contributed by atoms with Crippen molar-refractivity contribution in [1.82, 2.24) is 5.32 Å². The van der Waals surface area contributed by atoms with E-state index in [1.807, 2.05) is 24.3 Å². The molecule has 5 heteroatoms. The number of amides is 1. The molecule has 0 bridgehead atoms. The lowest BCUT2D eigenvalue weighted by molar-refractivity contribution is -0.125. The van der Waals surface area contributed by atoms with E-state index in [1.165, 1.54) is 4.90 Å². The highest BCUT2D eigenvalue weighted by molar-refractivity contribution is 7.99. The van der Waals surface area contributed by atoms with E-state index in [0.29, 0.717) is 6.54 Å². The van der Waals surface area contributed by atoms with Gasteiger partial charge in [-0.3, -0.25) is 4.79 Å². The van der Waals surface area contributed by atoms with Gasteiger partial charge in [-0.05, 0) is 43.5 Å². The summed E-state index contributed by atoms with van der Waals surface area (Å²) in [6.07, 6.45) is 3.93. The molecule has 1 aliphatic carbocycles. The van der Waals surface area contributed by atoms with Gasteiger partial charge in [0.2, 0.25) is 5.91 Å². The molecule has 1 aromatic rings. The standard InChI is InChI=1S/C15H21ClN2OS/c16-12-4-6-14(7-5-12)20-9-8-18-15(19)11-2-1-3-13(17)10-11/h4-7,11,13H,1-3,8-10,17H2,(H,18,19). The predicted octanol–water partition coefficient (Wildman–Crippen LogP) is 3.07. The third-order valence-corrected chi connectivity index (χ3v) is 4.83. The number of halogens is 1. The summed E-state index contributed by atoms with van der Waals surface area (Å²) >= 11 is 7.56. The summed E-state index contributed by atoms with van der Waals surface area (Å²) in [5.41, 5.74) is 5.91. The first-order valence-corrected chi connectivity index (χ1v) is 8.43. The normalized spacial score (nSPS) is 22.5. The lowest BCUT2D eigenvalue weighted by Crippen LogP contribution is -2.38. The van der Waals surface area contributed by atoms with Crippen molar-refractivity contribution >= 4 is 29.3 Å². The van der Waals surface area contributed by atoms with E-state index in [2.05, 4.69) is 5.32 Å². The average Bonchev–Trinajstić information content (AvgIpc) is 2.45. The quantitative estimate of drug-likeness (QED) is 0.649. The summed E-state index contributed by atoms with van der Waals surface area (Å²) in [4.78, 5) is 13.2. The Hall–Kier alpha value is -0.710. The van der Waals surface area contributed by atoms with Crippen LogP contribution in [0.25, 0.3) is 0 Å². The van der Waals surface area contributed by atoms with Gasteiger partial charge in [0.1, 0.15) is 0 Å². The van der Waals surface area contributed by atoms with Crippen molar-refractivity contribution in [3.63, 3.8) is 0 Å². The Kier molecular flexibility index (Phi) is 6.20. The number of nitrogens with one attached hydrogen (secondary N) is 1. The van der Waals surface area contributed by atoms with Gasteiger partial charge in [0.25, 0.3) is 0 Å². The number of carbonyl (C=O) groups is 1. The van der Waals surface area contributed by atoms with E-state index in [9.17, 15) is 4.79 Å². The van der Waals surface area contributed by atoms with Crippen molar-refractivity contribution in [2.45, 2.75) is 36.6 Å². The smallest absolute Gasteiger partial charge is 0.223 e. The third kappa shape index (κ3) is 5.00. The topological polar surface area (TPSA) is 55.1 Å². The summed E-state index contributed by atoms with van der Waals surface area (Å²) in [5.74, 6) is 1.14. The summed E-state index contributed by atoms with van der Waals surface area (Å²) < 4.78 is 0. The van der Waals surface area contributed by atoms with Gasteiger partial charge in [0.15, 0.2) is 0 Å². The lowest BCUT2D eigenvalue weighted by atomic mass is 9.85. The van der Waals surface area contributed by atoms with Crippen LogP contribution >= 0.6 is 23.4 Å². The maximum atomic E-state index is 12.0. The first-order chi connectivity index (χ1) is 9.65. The van der Waals surface area contributed by atoms with Crippen LogP contribution in [0.15, 0.2) is 29.2 Å². The number of rotatable bonds is 5. The maximum Gasteiger partial charge on any atom is 0.223 e. The van der Waals surface area contributed by atoms with Gasteiger partial charge in [-0.1, -0.05) is 18.0 Å². The zero-order valence-corrected chi connectivity index (χ0v) is 13.1. The van der Waals surface area contributed by atoms with Gasteiger partial charge in [-0.15, -0.1) is 11.8 Å². The highest BCUT2D eigenvalue weighted by Crippen LogP contribution is 2.23. The monoisotopic (exact) mass is 312 g/mol. The highest BCUT2D eigenvalue weighted by atomic mass is 35.5. The molecule has 0 radical (unpaired) electrons. The van der Waals surface area contributed by atoms with Gasteiger partial charge >= 0.3 is 0 Å². The van der Waals surface area contributed by atoms with E-state index in [0.717, 1.165) is 36.5 Å². The number of nitrogens with two attached hydrogens (primary N) is 1. The van der Waals surface area contributed by atoms with Crippen LogP contribution in [0.1, 0.15) is 25.7 Å². The minimum atomic E-state index is 0.110. The number of hydrogen-bond donors (Lipinski definition) is 2. The Morgan fingerprint density at radius 3 is 2.80 bits per heavy atom. The predicted molar refractivity (Wildman–Crippen MR) is 85.1 cm³/mol. The Morgan fingerprint density at radius 1 is 1.35 bits per heavy atom. The second-order valence-electron chi connectivity index (χ2n) is 5.22. The van der Waals surface area contributed by atoms with Gasteiger partial charge in [-0.25, -0.2) is 0 Å². The molecule has 1 aromatic carbocycles. The van der Waals surface area contributed by atoms with E-state index >= 15 is 0 Å². The Bertz CT molecular complexity index is 438. The molecule has 1 aliphatic rings. The van der Waals surface area contributed by atoms with Crippen LogP contribution in [0, 0.1) is 5.92 Å². The van der Waals surface area contributed by atoms with Crippen LogP contribution in [0.4, 0.5) is 0 Å². The molecule has 2 rings (SSSR count). The van der Waals surface area contributed by atoms with Crippen LogP contribution in [0.2, 0.25) is 5.02 Å². The Balaban J connectivity index is 1.65. The Labute approximate surface area is 129 Å². The zero-order valence-electron chi connectivity index (χ0n) is 11.5. The Morgan fingerprint density at radius 2 is 2.10 bits per heavy atom. The molecule has 1 fully saturated rings. The molecular formula is C15H21ClN2OS. The molecule has 3 nitrogen and oxygen atoms in total. The molecule has 3 N–H and O–H groups in total. The van der Waals surface area contributed by atoms with Gasteiger partial charge < -0.3 is 11.1 Å². The third-order valence-electron chi connectivity index (χ3n) is 3.57. The lowest BCUT2D eigenvalue weighted by Gasteiger charge is -2.25. The minimum absolute atomic E-state index is 0.110. The van der Waals surface area contributed by atoms with Crippen molar-refractivity contribution in [3.8, 4) is 0 Å². The van der Waals surface area contributed by atoms with Crippen LogP contribution in [-0.2, 0) is 4.79 Å². The first kappa shape index (κ1) is 15.7. The van der Waals surface area contributed by atoms with Crippen LogP contribution in [0.5, 0.6) is 0 Å². The first-order valence-electron chi connectivity index (χ1n) is 7.07. The van der Waals surface area contributed by atoms with Crippen molar-refractivity contribution in [2.24, 2.45) is 11.7 Å². The van der Waals surface area contributed by atoms with Gasteiger partial charge in [-0.2, -0.15) is 0 Å². The molecule has 1 saturated carbocycles.